The van der Waals surface area contributed by atoms with Crippen LogP contribution in [0.15, 0.2) is 6.20 Å². The van der Waals surface area contributed by atoms with Gasteiger partial charge in [-0.15, -0.1) is 5.10 Å². The summed E-state index contributed by atoms with van der Waals surface area (Å²) in [4.78, 5) is 2.51. The number of aromatic nitrogens is 3. The molecule has 2 heterocycles. The predicted octanol–water partition coefficient (Wildman–Crippen LogP) is 0.435. The van der Waals surface area contributed by atoms with E-state index in [1.54, 1.807) is 0 Å². The van der Waals surface area contributed by atoms with E-state index in [1.807, 2.05) is 17.9 Å². The topological polar surface area (TPSA) is 46.0 Å². The standard InChI is InChI=1S/C11H21N5S/c1-10-8-15(5-6-17-10)3-4-16-9-11(7-12-2)13-14-16/h9-10,12H,3-8H2,1-2H3. The van der Waals surface area contributed by atoms with E-state index in [-0.39, 0.29) is 0 Å². The molecule has 1 aromatic heterocycles. The van der Waals surface area contributed by atoms with Gasteiger partial charge in [0, 0.05) is 43.4 Å². The highest BCUT2D eigenvalue weighted by atomic mass is 32.2. The smallest absolute Gasteiger partial charge is 0.0964 e. The molecule has 1 fully saturated rings. The van der Waals surface area contributed by atoms with Gasteiger partial charge in [0.1, 0.15) is 0 Å². The summed E-state index contributed by atoms with van der Waals surface area (Å²) in [5.41, 5.74) is 1.01. The lowest BCUT2D eigenvalue weighted by atomic mass is 10.4. The number of hydrogen-bond donors (Lipinski definition) is 1. The van der Waals surface area contributed by atoms with Crippen LogP contribution in [0.4, 0.5) is 0 Å². The van der Waals surface area contributed by atoms with Crippen LogP contribution in [0.5, 0.6) is 0 Å². The van der Waals surface area contributed by atoms with Crippen LogP contribution in [0.25, 0.3) is 0 Å². The van der Waals surface area contributed by atoms with E-state index in [2.05, 4.69) is 39.2 Å². The molecule has 1 atom stereocenters. The number of nitrogens with one attached hydrogen (secondary N) is 1. The van der Waals surface area contributed by atoms with E-state index in [9.17, 15) is 0 Å². The Hall–Kier alpha value is -0.590. The van der Waals surface area contributed by atoms with Gasteiger partial charge in [-0.3, -0.25) is 9.58 Å². The van der Waals surface area contributed by atoms with Gasteiger partial charge in [0.15, 0.2) is 0 Å². The molecule has 1 aliphatic rings. The molecule has 96 valence electrons. The van der Waals surface area contributed by atoms with Gasteiger partial charge in [-0.05, 0) is 7.05 Å². The third-order valence-electron chi connectivity index (χ3n) is 2.91. The van der Waals surface area contributed by atoms with Crippen LogP contribution < -0.4 is 5.32 Å². The van der Waals surface area contributed by atoms with Gasteiger partial charge < -0.3 is 5.32 Å². The van der Waals surface area contributed by atoms with Crippen molar-refractivity contribution in [2.75, 3.05) is 32.4 Å². The van der Waals surface area contributed by atoms with E-state index < -0.39 is 0 Å². The first-order chi connectivity index (χ1) is 8.28. The predicted molar refractivity (Wildman–Crippen MR) is 71.1 cm³/mol. The molecule has 6 heteroatoms. The molecule has 1 saturated heterocycles. The molecule has 0 spiro atoms. The Morgan fingerprint density at radius 2 is 2.41 bits per heavy atom. The van der Waals surface area contributed by atoms with Crippen LogP contribution in [0.2, 0.25) is 0 Å². The van der Waals surface area contributed by atoms with E-state index in [0.29, 0.717) is 0 Å². The summed E-state index contributed by atoms with van der Waals surface area (Å²) in [5, 5.41) is 12.1. The largest absolute Gasteiger partial charge is 0.314 e. The highest BCUT2D eigenvalue weighted by Gasteiger charge is 2.16. The van der Waals surface area contributed by atoms with Crippen molar-refractivity contribution in [1.82, 2.24) is 25.2 Å². The average molecular weight is 255 g/mol. The van der Waals surface area contributed by atoms with Crippen LogP contribution in [0.3, 0.4) is 0 Å². The molecule has 1 aromatic rings. The summed E-state index contributed by atoms with van der Waals surface area (Å²) in [7, 11) is 1.92. The fraction of sp³-hybridized carbons (Fsp3) is 0.818. The highest BCUT2D eigenvalue weighted by Crippen LogP contribution is 2.17. The monoisotopic (exact) mass is 255 g/mol. The zero-order valence-electron chi connectivity index (χ0n) is 10.6. The number of hydrogen-bond acceptors (Lipinski definition) is 5. The second-order valence-corrected chi connectivity index (χ2v) is 6.03. The Morgan fingerprint density at radius 3 is 3.18 bits per heavy atom. The molecule has 0 radical (unpaired) electrons. The SMILES string of the molecule is CNCc1cn(CCN2CCSC(C)C2)nn1. The third kappa shape index (κ3) is 3.97. The van der Waals surface area contributed by atoms with Crippen LogP contribution in [0, 0.1) is 0 Å². The Morgan fingerprint density at radius 1 is 1.53 bits per heavy atom. The normalized spacial score (nSPS) is 21.9. The molecule has 0 saturated carbocycles. The first-order valence-electron chi connectivity index (χ1n) is 6.15. The molecule has 0 aromatic carbocycles. The van der Waals surface area contributed by atoms with Crippen molar-refractivity contribution in [3.05, 3.63) is 11.9 Å². The van der Waals surface area contributed by atoms with E-state index in [4.69, 9.17) is 0 Å². The highest BCUT2D eigenvalue weighted by molar-refractivity contribution is 7.99. The molecule has 1 unspecified atom stereocenters. The Kier molecular flexibility index (Phi) is 4.82. The number of thioether (sulfide) groups is 1. The summed E-state index contributed by atoms with van der Waals surface area (Å²) >= 11 is 2.07. The lowest BCUT2D eigenvalue weighted by Gasteiger charge is -2.30. The molecule has 0 bridgehead atoms. The molecule has 5 nitrogen and oxygen atoms in total. The van der Waals surface area contributed by atoms with Crippen LogP contribution >= 0.6 is 11.8 Å². The van der Waals surface area contributed by atoms with E-state index >= 15 is 0 Å². The van der Waals surface area contributed by atoms with Gasteiger partial charge in [-0.1, -0.05) is 12.1 Å². The molecule has 1 N–H and O–H groups in total. The fourth-order valence-electron chi connectivity index (χ4n) is 2.05. The first-order valence-corrected chi connectivity index (χ1v) is 7.20. The summed E-state index contributed by atoms with van der Waals surface area (Å²) in [6.45, 7) is 7.51. The zero-order chi connectivity index (χ0) is 12.1. The van der Waals surface area contributed by atoms with Gasteiger partial charge in [0.05, 0.1) is 12.2 Å². The molecule has 1 aliphatic heterocycles. The van der Waals surface area contributed by atoms with Crippen molar-refractivity contribution in [2.45, 2.75) is 25.3 Å². The fourth-order valence-corrected chi connectivity index (χ4v) is 3.13. The number of rotatable bonds is 5. The molecule has 2 rings (SSSR count). The van der Waals surface area contributed by atoms with Crippen LogP contribution in [0.1, 0.15) is 12.6 Å². The Balaban J connectivity index is 1.76. The first kappa shape index (κ1) is 12.9. The maximum Gasteiger partial charge on any atom is 0.0964 e. The van der Waals surface area contributed by atoms with Crippen molar-refractivity contribution >= 4 is 11.8 Å². The summed E-state index contributed by atoms with van der Waals surface area (Å²) in [6.07, 6.45) is 2.03. The average Bonchev–Trinajstić information content (AvgIpc) is 2.75. The van der Waals surface area contributed by atoms with Gasteiger partial charge in [0.25, 0.3) is 0 Å². The summed E-state index contributed by atoms with van der Waals surface area (Å²) in [5.74, 6) is 1.25. The lowest BCUT2D eigenvalue weighted by Crippen LogP contribution is -2.38. The molecule has 0 amide bonds. The molecular weight excluding hydrogens is 234 g/mol. The minimum atomic E-state index is 0.763. The van der Waals surface area contributed by atoms with Crippen LogP contribution in [-0.4, -0.2) is 57.6 Å². The molecule has 0 aliphatic carbocycles. The maximum atomic E-state index is 4.13. The van der Waals surface area contributed by atoms with Crippen molar-refractivity contribution in [3.63, 3.8) is 0 Å². The minimum absolute atomic E-state index is 0.763. The number of nitrogens with zero attached hydrogens (tertiary/aromatic N) is 4. The molecule has 17 heavy (non-hydrogen) atoms. The van der Waals surface area contributed by atoms with Gasteiger partial charge in [-0.2, -0.15) is 11.8 Å². The zero-order valence-corrected chi connectivity index (χ0v) is 11.4. The van der Waals surface area contributed by atoms with Crippen molar-refractivity contribution in [2.24, 2.45) is 0 Å². The Bertz CT molecular complexity index is 340. The van der Waals surface area contributed by atoms with E-state index in [0.717, 1.165) is 30.6 Å². The second kappa shape index (κ2) is 6.37. The third-order valence-corrected chi connectivity index (χ3v) is 4.05. The summed E-state index contributed by atoms with van der Waals surface area (Å²) in [6, 6.07) is 0. The lowest BCUT2D eigenvalue weighted by molar-refractivity contribution is 0.269. The van der Waals surface area contributed by atoms with Gasteiger partial charge in [0.2, 0.25) is 0 Å². The van der Waals surface area contributed by atoms with Gasteiger partial charge in [-0.25, -0.2) is 0 Å². The Labute approximate surface area is 107 Å². The maximum absolute atomic E-state index is 4.13. The summed E-state index contributed by atoms with van der Waals surface area (Å²) < 4.78 is 1.94. The van der Waals surface area contributed by atoms with Crippen LogP contribution in [-0.2, 0) is 13.1 Å². The molecular formula is C11H21N5S. The van der Waals surface area contributed by atoms with E-state index in [1.165, 1.54) is 18.8 Å². The van der Waals surface area contributed by atoms with Crippen molar-refractivity contribution in [1.29, 1.82) is 0 Å². The minimum Gasteiger partial charge on any atom is -0.314 e. The van der Waals surface area contributed by atoms with Gasteiger partial charge >= 0.3 is 0 Å². The quantitative estimate of drug-likeness (QED) is 0.827. The second-order valence-electron chi connectivity index (χ2n) is 4.49. The van der Waals surface area contributed by atoms with Crippen molar-refractivity contribution in [3.8, 4) is 0 Å². The van der Waals surface area contributed by atoms with Crippen molar-refractivity contribution < 1.29 is 0 Å².